The minimum Gasteiger partial charge on any atom is -0.450 e. The number of aryl methyl sites for hydroxylation is 1. The zero-order valence-electron chi connectivity index (χ0n) is 25.5. The molecule has 1 aromatic rings. The molecule has 1 fully saturated rings. The molecule has 0 saturated heterocycles. The lowest BCUT2D eigenvalue weighted by Crippen LogP contribution is -2.57. The van der Waals surface area contributed by atoms with Crippen molar-refractivity contribution in [1.29, 1.82) is 0 Å². The van der Waals surface area contributed by atoms with E-state index in [0.29, 0.717) is 32.1 Å². The Labute approximate surface area is 254 Å². The summed E-state index contributed by atoms with van der Waals surface area (Å²) in [6.07, 6.45) is 8.87. The Morgan fingerprint density at radius 3 is 2.51 bits per heavy atom. The van der Waals surface area contributed by atoms with Gasteiger partial charge in [-0.15, -0.1) is 0 Å². The number of hydrogen-bond donors (Lipinski definition) is 1. The van der Waals surface area contributed by atoms with E-state index >= 15 is 0 Å². The fourth-order valence-electron chi connectivity index (χ4n) is 8.03. The van der Waals surface area contributed by atoms with E-state index in [1.807, 2.05) is 26.8 Å². The Balaban J connectivity index is 1.48. The number of aliphatic hydroxyl groups is 1. The van der Waals surface area contributed by atoms with Gasteiger partial charge in [-0.2, -0.15) is 8.42 Å². The van der Waals surface area contributed by atoms with Crippen LogP contribution in [0.3, 0.4) is 0 Å². The van der Waals surface area contributed by atoms with E-state index in [1.165, 1.54) is 23.3 Å². The SMILES string of the molecule is CCCC(O)CC(=O)O[C@]1(C(=O)COS(=O)(=O)c2ccc(C)cc2)CC[C@H]2C3=C(CC[C@@]21C)[C@@]1(C)C=CC(=O)C=C1CC3. The summed E-state index contributed by atoms with van der Waals surface area (Å²) in [5.74, 6) is -1.32. The zero-order chi connectivity index (χ0) is 31.2. The summed E-state index contributed by atoms with van der Waals surface area (Å²) in [6, 6.07) is 6.17. The van der Waals surface area contributed by atoms with Crippen molar-refractivity contribution in [3.63, 3.8) is 0 Å². The van der Waals surface area contributed by atoms with E-state index in [4.69, 9.17) is 8.92 Å². The minimum atomic E-state index is -4.23. The Kier molecular flexibility index (Phi) is 8.48. The van der Waals surface area contributed by atoms with Gasteiger partial charge in [0.25, 0.3) is 10.1 Å². The third-order valence-electron chi connectivity index (χ3n) is 10.5. The number of fused-ring (bicyclic) bond motifs is 4. The van der Waals surface area contributed by atoms with Crippen LogP contribution in [0.25, 0.3) is 0 Å². The fourth-order valence-corrected chi connectivity index (χ4v) is 8.90. The molecule has 0 aliphatic heterocycles. The van der Waals surface area contributed by atoms with Crippen LogP contribution in [-0.2, 0) is 33.4 Å². The lowest BCUT2D eigenvalue weighted by atomic mass is 9.53. The number of aliphatic hydroxyl groups excluding tert-OH is 1. The molecule has 0 radical (unpaired) electrons. The van der Waals surface area contributed by atoms with Crippen LogP contribution in [0.15, 0.2) is 64.1 Å². The van der Waals surface area contributed by atoms with Gasteiger partial charge in [-0.05, 0) is 89.0 Å². The van der Waals surface area contributed by atoms with Crippen molar-refractivity contribution < 1.29 is 36.8 Å². The molecule has 0 amide bonds. The van der Waals surface area contributed by atoms with Gasteiger partial charge < -0.3 is 9.84 Å². The Bertz CT molecular complexity index is 1520. The van der Waals surface area contributed by atoms with Gasteiger partial charge in [0.15, 0.2) is 11.4 Å². The Hall–Kier alpha value is -2.88. The first kappa shape index (κ1) is 31.5. The van der Waals surface area contributed by atoms with Gasteiger partial charge >= 0.3 is 5.97 Å². The average Bonchev–Trinajstić information content (AvgIpc) is 3.25. The summed E-state index contributed by atoms with van der Waals surface area (Å²) in [5, 5.41) is 10.3. The van der Waals surface area contributed by atoms with Crippen LogP contribution in [0.1, 0.15) is 84.1 Å². The summed E-state index contributed by atoms with van der Waals surface area (Å²) in [6.45, 7) is 7.11. The van der Waals surface area contributed by atoms with Crippen molar-refractivity contribution >= 4 is 27.7 Å². The molecule has 0 spiro atoms. The molecule has 0 bridgehead atoms. The number of esters is 1. The maximum absolute atomic E-state index is 14.2. The molecule has 0 heterocycles. The summed E-state index contributed by atoms with van der Waals surface area (Å²) >= 11 is 0. The molecule has 43 heavy (non-hydrogen) atoms. The largest absolute Gasteiger partial charge is 0.450 e. The number of ether oxygens (including phenoxy) is 1. The third-order valence-corrected chi connectivity index (χ3v) is 11.7. The topological polar surface area (TPSA) is 124 Å². The number of rotatable bonds is 10. The van der Waals surface area contributed by atoms with Crippen LogP contribution in [0.2, 0.25) is 0 Å². The van der Waals surface area contributed by atoms with Crippen molar-refractivity contribution in [2.75, 3.05) is 6.61 Å². The molecule has 1 aromatic carbocycles. The van der Waals surface area contributed by atoms with Crippen molar-refractivity contribution in [3.8, 4) is 0 Å². The Morgan fingerprint density at radius 2 is 1.81 bits per heavy atom. The van der Waals surface area contributed by atoms with Gasteiger partial charge in [0.05, 0.1) is 17.4 Å². The van der Waals surface area contributed by atoms with Gasteiger partial charge in [0.1, 0.15) is 6.61 Å². The molecule has 4 aliphatic rings. The lowest BCUT2D eigenvalue weighted by molar-refractivity contribution is -0.185. The van der Waals surface area contributed by atoms with Crippen LogP contribution >= 0.6 is 0 Å². The van der Waals surface area contributed by atoms with Gasteiger partial charge in [-0.25, -0.2) is 0 Å². The van der Waals surface area contributed by atoms with Crippen molar-refractivity contribution in [2.24, 2.45) is 16.7 Å². The maximum atomic E-state index is 14.2. The predicted octanol–water partition coefficient (Wildman–Crippen LogP) is 5.47. The highest BCUT2D eigenvalue weighted by Gasteiger charge is 2.66. The Morgan fingerprint density at radius 1 is 1.09 bits per heavy atom. The number of carbonyl (C=O) groups is 3. The highest BCUT2D eigenvalue weighted by atomic mass is 32.2. The van der Waals surface area contributed by atoms with Crippen LogP contribution in [0, 0.1) is 23.7 Å². The molecule has 5 atom stereocenters. The predicted molar refractivity (Wildman–Crippen MR) is 160 cm³/mol. The monoisotopic (exact) mass is 610 g/mol. The molecule has 8 nitrogen and oxygen atoms in total. The van der Waals surface area contributed by atoms with E-state index in [9.17, 15) is 27.9 Å². The molecule has 4 aliphatic carbocycles. The molecular weight excluding hydrogens is 568 g/mol. The van der Waals surface area contributed by atoms with E-state index in [2.05, 4.69) is 6.92 Å². The van der Waals surface area contributed by atoms with Gasteiger partial charge in [-0.3, -0.25) is 18.6 Å². The molecular formula is C34H42O8S. The highest BCUT2D eigenvalue weighted by molar-refractivity contribution is 7.86. The van der Waals surface area contributed by atoms with Crippen LogP contribution in [-0.4, -0.2) is 49.4 Å². The van der Waals surface area contributed by atoms with Crippen molar-refractivity contribution in [1.82, 2.24) is 0 Å². The van der Waals surface area contributed by atoms with Gasteiger partial charge in [0, 0.05) is 10.8 Å². The average molecular weight is 611 g/mol. The van der Waals surface area contributed by atoms with Gasteiger partial charge in [-0.1, -0.05) is 60.8 Å². The first-order chi connectivity index (χ1) is 20.3. The normalized spacial score (nSPS) is 30.7. The maximum Gasteiger partial charge on any atom is 0.309 e. The second-order valence-corrected chi connectivity index (χ2v) is 14.6. The van der Waals surface area contributed by atoms with E-state index in [-0.39, 0.29) is 34.9 Å². The second kappa shape index (κ2) is 11.6. The van der Waals surface area contributed by atoms with E-state index in [1.54, 1.807) is 24.3 Å². The number of allylic oxidation sites excluding steroid dienone is 6. The lowest BCUT2D eigenvalue weighted by Gasteiger charge is -2.52. The summed E-state index contributed by atoms with van der Waals surface area (Å²) in [4.78, 5) is 39.5. The summed E-state index contributed by atoms with van der Waals surface area (Å²) < 4.78 is 37.4. The van der Waals surface area contributed by atoms with Crippen molar-refractivity contribution in [2.45, 2.75) is 102 Å². The molecule has 1 saturated carbocycles. The first-order valence-corrected chi connectivity index (χ1v) is 16.7. The standard InChI is InChI=1S/C34H42O8S/c1-5-6-24(35)20-31(38)42-34(30(37)21-41-43(39,40)26-10-7-22(2)8-11-26)18-15-29-27-12-9-23-19-25(36)13-16-32(23,3)28(27)14-17-33(29,34)4/h7-8,10-11,13,16,19,24,29,35H,5-6,9,12,14-15,17-18,20-21H2,1-4H3/t24?,29-,32-,33-,34-/m0/s1. The highest BCUT2D eigenvalue weighted by Crippen LogP contribution is 2.65. The quantitative estimate of drug-likeness (QED) is 0.210. The zero-order valence-corrected chi connectivity index (χ0v) is 26.3. The smallest absolute Gasteiger partial charge is 0.309 e. The van der Waals surface area contributed by atoms with Crippen LogP contribution in [0.5, 0.6) is 0 Å². The molecule has 9 heteroatoms. The van der Waals surface area contributed by atoms with Crippen LogP contribution in [0.4, 0.5) is 0 Å². The number of benzene rings is 1. The number of Topliss-reactive ketones (excluding diaryl/α,β-unsaturated/α-hetero) is 1. The number of carbonyl (C=O) groups excluding carboxylic acids is 3. The van der Waals surface area contributed by atoms with Crippen molar-refractivity contribution in [3.05, 3.63) is 64.8 Å². The minimum absolute atomic E-state index is 0.000385. The van der Waals surface area contributed by atoms with Gasteiger partial charge in [0.2, 0.25) is 5.78 Å². The second-order valence-electron chi connectivity index (χ2n) is 13.0. The molecule has 0 aromatic heterocycles. The molecule has 5 rings (SSSR count). The first-order valence-electron chi connectivity index (χ1n) is 15.3. The number of hydrogen-bond acceptors (Lipinski definition) is 8. The van der Waals surface area contributed by atoms with E-state index < -0.39 is 45.6 Å². The van der Waals surface area contributed by atoms with E-state index in [0.717, 1.165) is 24.0 Å². The fraction of sp³-hybridized carbons (Fsp3) is 0.559. The summed E-state index contributed by atoms with van der Waals surface area (Å²) in [7, 11) is -4.23. The molecule has 1 N–H and O–H groups in total. The number of ketones is 2. The van der Waals surface area contributed by atoms with Crippen LogP contribution < -0.4 is 0 Å². The molecule has 1 unspecified atom stereocenters. The summed E-state index contributed by atoms with van der Waals surface area (Å²) in [5.41, 5.74) is 1.75. The third kappa shape index (κ3) is 5.49. The molecule has 232 valence electrons.